The van der Waals surface area contributed by atoms with Crippen molar-refractivity contribution in [2.24, 2.45) is 5.41 Å². The van der Waals surface area contributed by atoms with Gasteiger partial charge in [0, 0.05) is 18.4 Å². The molecule has 1 aliphatic carbocycles. The highest BCUT2D eigenvalue weighted by Crippen LogP contribution is 2.38. The summed E-state index contributed by atoms with van der Waals surface area (Å²) in [6, 6.07) is 0.535. The first kappa shape index (κ1) is 10.4. The predicted molar refractivity (Wildman–Crippen MR) is 61.8 cm³/mol. The van der Waals surface area contributed by atoms with Crippen LogP contribution < -0.4 is 5.32 Å². The minimum absolute atomic E-state index is 0.379. The van der Waals surface area contributed by atoms with Gasteiger partial charge < -0.3 is 5.32 Å². The van der Waals surface area contributed by atoms with Crippen LogP contribution in [0.4, 0.5) is 5.82 Å². The maximum Gasteiger partial charge on any atom is 0.147 e. The number of hydrogen-bond acceptors (Lipinski definition) is 3. The second-order valence-electron chi connectivity index (χ2n) is 5.07. The van der Waals surface area contributed by atoms with Gasteiger partial charge in [0.05, 0.1) is 5.69 Å². The molecule has 82 valence electrons. The largest absolute Gasteiger partial charge is 0.365 e. The van der Waals surface area contributed by atoms with Crippen molar-refractivity contribution in [1.82, 2.24) is 9.97 Å². The van der Waals surface area contributed by atoms with Gasteiger partial charge in [0.1, 0.15) is 5.82 Å². The monoisotopic (exact) mass is 205 g/mol. The Balaban J connectivity index is 2.12. The molecule has 15 heavy (non-hydrogen) atoms. The fourth-order valence-electron chi connectivity index (χ4n) is 2.31. The molecule has 0 spiro atoms. The number of aryl methyl sites for hydroxylation is 1. The maximum atomic E-state index is 4.33. The minimum Gasteiger partial charge on any atom is -0.365 e. The average Bonchev–Trinajstić information content (AvgIpc) is 2.50. The Morgan fingerprint density at radius 1 is 1.33 bits per heavy atom. The van der Waals surface area contributed by atoms with Gasteiger partial charge in [-0.15, -0.1) is 0 Å². The summed E-state index contributed by atoms with van der Waals surface area (Å²) in [7, 11) is 0. The normalized spacial score (nSPS) is 24.1. The molecule has 0 amide bonds. The van der Waals surface area contributed by atoms with E-state index in [9.17, 15) is 0 Å². The second kappa shape index (κ2) is 3.80. The summed E-state index contributed by atoms with van der Waals surface area (Å²) in [4.78, 5) is 8.58. The van der Waals surface area contributed by atoms with Gasteiger partial charge in [-0.05, 0) is 25.2 Å². The Morgan fingerprint density at radius 3 is 2.67 bits per heavy atom. The van der Waals surface area contributed by atoms with Gasteiger partial charge >= 0.3 is 0 Å². The fraction of sp³-hybridized carbons (Fsp3) is 0.667. The molecule has 0 bridgehead atoms. The van der Waals surface area contributed by atoms with E-state index in [0.717, 1.165) is 11.5 Å². The van der Waals surface area contributed by atoms with Crippen LogP contribution in [0, 0.1) is 12.3 Å². The smallest absolute Gasteiger partial charge is 0.147 e. The molecule has 3 heteroatoms. The van der Waals surface area contributed by atoms with Crippen LogP contribution in [0.2, 0.25) is 0 Å². The van der Waals surface area contributed by atoms with Crippen molar-refractivity contribution >= 4 is 5.82 Å². The van der Waals surface area contributed by atoms with Gasteiger partial charge in [0.2, 0.25) is 0 Å². The first-order valence-electron chi connectivity index (χ1n) is 5.64. The lowest BCUT2D eigenvalue weighted by Gasteiger charge is -2.28. The average molecular weight is 205 g/mol. The lowest BCUT2D eigenvalue weighted by atomic mass is 9.87. The van der Waals surface area contributed by atoms with Crippen molar-refractivity contribution in [3.63, 3.8) is 0 Å². The van der Waals surface area contributed by atoms with E-state index >= 15 is 0 Å². The summed E-state index contributed by atoms with van der Waals surface area (Å²) in [5.41, 5.74) is 1.37. The Hall–Kier alpha value is -1.12. The molecule has 1 unspecified atom stereocenters. The van der Waals surface area contributed by atoms with Gasteiger partial charge in [0.15, 0.2) is 0 Å². The molecule has 0 aromatic carbocycles. The molecule has 2 rings (SSSR count). The van der Waals surface area contributed by atoms with Gasteiger partial charge in [-0.2, -0.15) is 0 Å². The first-order valence-corrected chi connectivity index (χ1v) is 5.64. The molecule has 0 radical (unpaired) electrons. The standard InChI is InChI=1S/C12H19N3/c1-9-11(14-8-7-13-9)15-10-5-4-6-12(10,2)3/h7-8,10H,4-6H2,1-3H3,(H,14,15). The van der Waals surface area contributed by atoms with Gasteiger partial charge in [-0.1, -0.05) is 20.3 Å². The second-order valence-corrected chi connectivity index (χ2v) is 5.07. The third-order valence-corrected chi connectivity index (χ3v) is 3.45. The summed E-state index contributed by atoms with van der Waals surface area (Å²) in [6.07, 6.45) is 7.33. The molecular weight excluding hydrogens is 186 g/mol. The highest BCUT2D eigenvalue weighted by atomic mass is 15.0. The molecule has 3 nitrogen and oxygen atoms in total. The molecule has 1 aliphatic rings. The maximum absolute atomic E-state index is 4.33. The van der Waals surface area contributed by atoms with Gasteiger partial charge in [-0.25, -0.2) is 4.98 Å². The Kier molecular flexibility index (Phi) is 2.63. The van der Waals surface area contributed by atoms with E-state index in [1.54, 1.807) is 12.4 Å². The lowest BCUT2D eigenvalue weighted by Crippen LogP contribution is -2.31. The number of aromatic nitrogens is 2. The first-order chi connectivity index (χ1) is 7.09. The zero-order valence-electron chi connectivity index (χ0n) is 9.75. The van der Waals surface area contributed by atoms with Crippen molar-refractivity contribution in [3.05, 3.63) is 18.1 Å². The van der Waals surface area contributed by atoms with E-state index in [0.29, 0.717) is 11.5 Å². The van der Waals surface area contributed by atoms with Crippen LogP contribution in [0.15, 0.2) is 12.4 Å². The SMILES string of the molecule is Cc1nccnc1NC1CCCC1(C)C. The molecule has 1 fully saturated rings. The Morgan fingerprint density at radius 2 is 2.07 bits per heavy atom. The molecule has 1 N–H and O–H groups in total. The van der Waals surface area contributed by atoms with Crippen molar-refractivity contribution in [3.8, 4) is 0 Å². The van der Waals surface area contributed by atoms with E-state index in [4.69, 9.17) is 0 Å². The molecule has 1 saturated carbocycles. The molecule has 1 aromatic heterocycles. The van der Waals surface area contributed by atoms with Crippen LogP contribution in [-0.2, 0) is 0 Å². The van der Waals surface area contributed by atoms with Crippen molar-refractivity contribution in [1.29, 1.82) is 0 Å². The van der Waals surface area contributed by atoms with Crippen molar-refractivity contribution in [2.45, 2.75) is 46.1 Å². The zero-order valence-corrected chi connectivity index (χ0v) is 9.75. The highest BCUT2D eigenvalue weighted by molar-refractivity contribution is 5.40. The predicted octanol–water partition coefficient (Wildman–Crippen LogP) is 2.78. The summed E-state index contributed by atoms with van der Waals surface area (Å²) in [6.45, 7) is 6.64. The summed E-state index contributed by atoms with van der Waals surface area (Å²) in [5.74, 6) is 0.942. The van der Waals surface area contributed by atoms with E-state index in [-0.39, 0.29) is 0 Å². The van der Waals surface area contributed by atoms with Crippen LogP contribution in [0.3, 0.4) is 0 Å². The van der Waals surface area contributed by atoms with E-state index in [1.807, 2.05) is 6.92 Å². The number of rotatable bonds is 2. The zero-order chi connectivity index (χ0) is 10.9. The number of nitrogens with zero attached hydrogens (tertiary/aromatic N) is 2. The van der Waals surface area contributed by atoms with Crippen LogP contribution in [0.25, 0.3) is 0 Å². The third kappa shape index (κ3) is 2.11. The topological polar surface area (TPSA) is 37.8 Å². The molecule has 0 aliphatic heterocycles. The highest BCUT2D eigenvalue weighted by Gasteiger charge is 2.34. The summed E-state index contributed by atoms with van der Waals surface area (Å²) in [5, 5.41) is 3.53. The summed E-state index contributed by atoms with van der Waals surface area (Å²) < 4.78 is 0. The van der Waals surface area contributed by atoms with Crippen LogP contribution >= 0.6 is 0 Å². The number of nitrogens with one attached hydrogen (secondary N) is 1. The van der Waals surface area contributed by atoms with E-state index in [2.05, 4.69) is 29.1 Å². The third-order valence-electron chi connectivity index (χ3n) is 3.45. The molecular formula is C12H19N3. The minimum atomic E-state index is 0.379. The quantitative estimate of drug-likeness (QED) is 0.806. The molecule has 1 heterocycles. The molecule has 1 atom stereocenters. The van der Waals surface area contributed by atoms with Crippen LogP contribution in [0.1, 0.15) is 38.8 Å². The number of hydrogen-bond donors (Lipinski definition) is 1. The van der Waals surface area contributed by atoms with Crippen LogP contribution in [0.5, 0.6) is 0 Å². The lowest BCUT2D eigenvalue weighted by molar-refractivity contribution is 0.349. The van der Waals surface area contributed by atoms with Crippen molar-refractivity contribution < 1.29 is 0 Å². The fourth-order valence-corrected chi connectivity index (χ4v) is 2.31. The van der Waals surface area contributed by atoms with E-state index in [1.165, 1.54) is 19.3 Å². The van der Waals surface area contributed by atoms with Crippen molar-refractivity contribution in [2.75, 3.05) is 5.32 Å². The summed E-state index contributed by atoms with van der Waals surface area (Å²) >= 11 is 0. The Bertz CT molecular complexity index is 346. The Labute approximate surface area is 91.3 Å². The van der Waals surface area contributed by atoms with Gasteiger partial charge in [-0.3, -0.25) is 4.98 Å². The number of anilines is 1. The van der Waals surface area contributed by atoms with Gasteiger partial charge in [0.25, 0.3) is 0 Å². The molecule has 0 saturated heterocycles. The van der Waals surface area contributed by atoms with Crippen LogP contribution in [-0.4, -0.2) is 16.0 Å². The molecule has 1 aromatic rings. The van der Waals surface area contributed by atoms with E-state index < -0.39 is 0 Å².